The molecule has 0 radical (unpaired) electrons. The van der Waals surface area contributed by atoms with Gasteiger partial charge in [-0.1, -0.05) is 32.8 Å². The van der Waals surface area contributed by atoms with Gasteiger partial charge in [0.25, 0.3) is 0 Å². The van der Waals surface area contributed by atoms with Gasteiger partial charge in [-0.3, -0.25) is 9.69 Å². The second kappa shape index (κ2) is 10.5. The van der Waals surface area contributed by atoms with Crippen LogP contribution in [0.5, 0.6) is 11.5 Å². The van der Waals surface area contributed by atoms with Crippen molar-refractivity contribution in [1.29, 1.82) is 0 Å². The van der Waals surface area contributed by atoms with Gasteiger partial charge in [-0.15, -0.1) is 0 Å². The number of rotatable bonds is 10. The summed E-state index contributed by atoms with van der Waals surface area (Å²) in [6.45, 7) is 5.32. The van der Waals surface area contributed by atoms with E-state index in [1.54, 1.807) is 14.2 Å². The summed E-state index contributed by atoms with van der Waals surface area (Å²) in [5.74, 6) is 2.39. The molecule has 1 fully saturated rings. The minimum Gasteiger partial charge on any atom is -0.493 e. The molecule has 2 aliphatic rings. The topological polar surface area (TPSA) is 48.0 Å². The quantitative estimate of drug-likeness (QED) is 0.468. The van der Waals surface area contributed by atoms with Crippen LogP contribution in [0.4, 0.5) is 0 Å². The van der Waals surface area contributed by atoms with E-state index in [-0.39, 0.29) is 23.3 Å². The predicted octanol–water partition coefficient (Wildman–Crippen LogP) is 5.37. The number of hydrogen-bond acceptors (Lipinski definition) is 5. The maximum absolute atomic E-state index is 12.8. The van der Waals surface area contributed by atoms with E-state index < -0.39 is 0 Å². The summed E-state index contributed by atoms with van der Waals surface area (Å²) in [5.41, 5.74) is 1.42. The van der Waals surface area contributed by atoms with Crippen LogP contribution >= 0.6 is 0 Å². The fourth-order valence-electron chi connectivity index (χ4n) is 5.41. The average molecular weight is 430 g/mol. The van der Waals surface area contributed by atoms with Crippen LogP contribution < -0.4 is 9.47 Å². The normalized spacial score (nSPS) is 23.4. The van der Waals surface area contributed by atoms with Crippen molar-refractivity contribution in [3.05, 3.63) is 35.6 Å². The summed E-state index contributed by atoms with van der Waals surface area (Å²) in [6, 6.07) is 6.52. The second-order valence-electron chi connectivity index (χ2n) is 9.23. The molecular weight excluding hydrogens is 390 g/mol. The zero-order valence-electron chi connectivity index (χ0n) is 19.9. The molecule has 172 valence electrons. The monoisotopic (exact) mass is 429 g/mol. The number of likely N-dealkylation sites (tertiary alicyclic amines) is 1. The summed E-state index contributed by atoms with van der Waals surface area (Å²) in [4.78, 5) is 15.2. The largest absolute Gasteiger partial charge is 0.493 e. The Morgan fingerprint density at radius 2 is 1.84 bits per heavy atom. The highest BCUT2D eigenvalue weighted by Gasteiger charge is 2.47. The highest BCUT2D eigenvalue weighted by molar-refractivity contribution is 5.73. The Labute approximate surface area is 187 Å². The molecule has 0 bridgehead atoms. The van der Waals surface area contributed by atoms with Gasteiger partial charge < -0.3 is 14.2 Å². The number of fused-ring (bicyclic) bond motifs is 1. The number of hydrogen-bond donors (Lipinski definition) is 0. The molecule has 0 amide bonds. The van der Waals surface area contributed by atoms with Crippen LogP contribution in [0, 0.1) is 11.3 Å². The molecule has 0 saturated carbocycles. The molecule has 1 saturated heterocycles. The van der Waals surface area contributed by atoms with E-state index in [4.69, 9.17) is 14.2 Å². The van der Waals surface area contributed by atoms with Crippen LogP contribution in [-0.4, -0.2) is 44.7 Å². The Morgan fingerprint density at radius 1 is 1.13 bits per heavy atom. The van der Waals surface area contributed by atoms with Crippen molar-refractivity contribution in [2.75, 3.05) is 27.8 Å². The van der Waals surface area contributed by atoms with Crippen LogP contribution in [0.25, 0.3) is 0 Å². The van der Waals surface area contributed by atoms with Gasteiger partial charge in [0, 0.05) is 12.5 Å². The van der Waals surface area contributed by atoms with E-state index in [9.17, 15) is 4.79 Å². The first-order valence-corrected chi connectivity index (χ1v) is 11.8. The van der Waals surface area contributed by atoms with Gasteiger partial charge >= 0.3 is 5.97 Å². The van der Waals surface area contributed by atoms with E-state index in [0.29, 0.717) is 0 Å². The van der Waals surface area contributed by atoms with Crippen LogP contribution in [-0.2, 0) is 16.0 Å². The van der Waals surface area contributed by atoms with Crippen LogP contribution in [0.1, 0.15) is 64.4 Å². The van der Waals surface area contributed by atoms with Crippen molar-refractivity contribution in [2.24, 2.45) is 11.3 Å². The Kier molecular flexibility index (Phi) is 8.04. The van der Waals surface area contributed by atoms with Crippen molar-refractivity contribution < 1.29 is 19.0 Å². The molecule has 0 aromatic heterocycles. The number of ether oxygens (including phenoxy) is 3. The molecule has 2 atom stereocenters. The minimum atomic E-state index is -0.0389. The average Bonchev–Trinajstić information content (AvgIpc) is 3.09. The Morgan fingerprint density at radius 3 is 2.48 bits per heavy atom. The van der Waals surface area contributed by atoms with Crippen molar-refractivity contribution in [3.63, 3.8) is 0 Å². The van der Waals surface area contributed by atoms with Crippen LogP contribution in [0.2, 0.25) is 0 Å². The van der Waals surface area contributed by atoms with Crippen LogP contribution in [0.15, 0.2) is 30.0 Å². The molecule has 0 spiro atoms. The van der Waals surface area contributed by atoms with E-state index in [2.05, 4.69) is 44.0 Å². The van der Waals surface area contributed by atoms with Gasteiger partial charge in [0.15, 0.2) is 11.5 Å². The Balaban J connectivity index is 1.76. The highest BCUT2D eigenvalue weighted by atomic mass is 16.5. The summed E-state index contributed by atoms with van der Waals surface area (Å²) < 4.78 is 16.8. The van der Waals surface area contributed by atoms with E-state index in [0.717, 1.165) is 75.2 Å². The summed E-state index contributed by atoms with van der Waals surface area (Å²) in [7, 11) is 5.53. The number of carbonyl (C=O) groups is 1. The summed E-state index contributed by atoms with van der Waals surface area (Å²) in [6.07, 6.45) is 10.1. The fourth-order valence-corrected chi connectivity index (χ4v) is 5.41. The summed E-state index contributed by atoms with van der Waals surface area (Å²) in [5, 5.41) is 0. The van der Waals surface area contributed by atoms with Gasteiger partial charge in [-0.25, -0.2) is 0 Å². The zero-order chi connectivity index (χ0) is 22.4. The number of allylic oxidation sites excluding steroid dienone is 1. The standard InChI is InChI=1S/C26H39NO4/c1-6-8-20(9-7-2)25(28)31-21-12-13-26(14-15-27(3)24(26)17-21)18-19-10-11-22(29-4)23(16-19)30-5/h10-11,16-17,20,24H,6-9,12-15,18H2,1-5H3/t24-,26-/m0/s1. The van der Waals surface area contributed by atoms with Gasteiger partial charge in [-0.05, 0) is 74.9 Å². The van der Waals surface area contributed by atoms with Gasteiger partial charge in [0.1, 0.15) is 5.76 Å². The zero-order valence-corrected chi connectivity index (χ0v) is 19.9. The molecule has 1 aliphatic carbocycles. The molecule has 1 heterocycles. The first-order valence-electron chi connectivity index (χ1n) is 11.8. The minimum absolute atomic E-state index is 0.0238. The number of likely N-dealkylation sites (N-methyl/N-ethyl adjacent to an activating group) is 1. The number of methoxy groups -OCH3 is 2. The van der Waals surface area contributed by atoms with Crippen molar-refractivity contribution in [1.82, 2.24) is 4.90 Å². The van der Waals surface area contributed by atoms with Crippen molar-refractivity contribution in [2.45, 2.75) is 71.3 Å². The lowest BCUT2D eigenvalue weighted by Gasteiger charge is -2.40. The maximum atomic E-state index is 12.8. The van der Waals surface area contributed by atoms with Gasteiger partial charge in [0.2, 0.25) is 0 Å². The first-order chi connectivity index (χ1) is 15.0. The summed E-state index contributed by atoms with van der Waals surface area (Å²) >= 11 is 0. The lowest BCUT2D eigenvalue weighted by Crippen LogP contribution is -2.41. The molecule has 0 N–H and O–H groups in total. The van der Waals surface area contributed by atoms with Crippen molar-refractivity contribution in [3.8, 4) is 11.5 Å². The number of nitrogens with zero attached hydrogens (tertiary/aromatic N) is 1. The number of carbonyl (C=O) groups excluding carboxylic acids is 1. The Bertz CT molecular complexity index is 784. The van der Waals surface area contributed by atoms with Crippen molar-refractivity contribution >= 4 is 5.97 Å². The molecule has 5 nitrogen and oxygen atoms in total. The SMILES string of the molecule is CCCC(CCC)C(=O)OC1=C[C@@H]2N(C)CC[C@]2(Cc2ccc(OC)c(OC)c2)CC1. The van der Waals surface area contributed by atoms with E-state index in [1.807, 2.05) is 6.07 Å². The second-order valence-corrected chi connectivity index (χ2v) is 9.23. The van der Waals surface area contributed by atoms with Gasteiger partial charge in [0.05, 0.1) is 20.1 Å². The fraction of sp³-hybridized carbons (Fsp3) is 0.654. The molecular formula is C26H39NO4. The third-order valence-electron chi connectivity index (χ3n) is 7.12. The molecule has 1 aromatic carbocycles. The lowest BCUT2D eigenvalue weighted by molar-refractivity contribution is -0.145. The molecule has 0 unspecified atom stereocenters. The molecule has 31 heavy (non-hydrogen) atoms. The third kappa shape index (κ3) is 5.25. The lowest BCUT2D eigenvalue weighted by atomic mass is 9.69. The number of benzene rings is 1. The maximum Gasteiger partial charge on any atom is 0.313 e. The van der Waals surface area contributed by atoms with Gasteiger partial charge in [-0.2, -0.15) is 0 Å². The molecule has 1 aliphatic heterocycles. The molecule has 5 heteroatoms. The number of esters is 1. The predicted molar refractivity (Wildman–Crippen MR) is 123 cm³/mol. The van der Waals surface area contributed by atoms with E-state index >= 15 is 0 Å². The highest BCUT2D eigenvalue weighted by Crippen LogP contribution is 2.48. The van der Waals surface area contributed by atoms with E-state index in [1.165, 1.54) is 5.56 Å². The first kappa shape index (κ1) is 23.6. The smallest absolute Gasteiger partial charge is 0.313 e. The van der Waals surface area contributed by atoms with Crippen LogP contribution in [0.3, 0.4) is 0 Å². The third-order valence-corrected chi connectivity index (χ3v) is 7.12. The molecule has 1 aromatic rings. The Hall–Kier alpha value is -2.01. The molecule has 3 rings (SSSR count).